The van der Waals surface area contributed by atoms with Crippen molar-refractivity contribution >= 4 is 27.3 Å². The van der Waals surface area contributed by atoms with Gasteiger partial charge in [-0.25, -0.2) is 0 Å². The second-order valence-corrected chi connectivity index (χ2v) is 6.08. The molecule has 0 saturated carbocycles. The fourth-order valence-electron chi connectivity index (χ4n) is 1.94. The third kappa shape index (κ3) is 4.06. The highest BCUT2D eigenvalue weighted by Gasteiger charge is 2.11. The van der Waals surface area contributed by atoms with Crippen LogP contribution in [0.1, 0.15) is 31.0 Å². The van der Waals surface area contributed by atoms with Crippen molar-refractivity contribution in [2.24, 2.45) is 0 Å². The number of hydrogen-bond donors (Lipinski definition) is 1. The van der Waals surface area contributed by atoms with E-state index < -0.39 is 0 Å². The van der Waals surface area contributed by atoms with E-state index in [1.54, 1.807) is 11.3 Å². The first kappa shape index (κ1) is 14.6. The number of ether oxygens (including phenoxy) is 1. The molecule has 0 saturated heterocycles. The number of halogens is 1. The Morgan fingerprint density at radius 3 is 2.89 bits per heavy atom. The van der Waals surface area contributed by atoms with Crippen LogP contribution in [0.4, 0.5) is 0 Å². The van der Waals surface area contributed by atoms with E-state index in [-0.39, 0.29) is 6.04 Å². The van der Waals surface area contributed by atoms with Crippen LogP contribution in [0.15, 0.2) is 39.5 Å². The number of hydrogen-bond acceptors (Lipinski definition) is 3. The highest BCUT2D eigenvalue weighted by molar-refractivity contribution is 9.10. The average Bonchev–Trinajstić information content (AvgIpc) is 2.89. The highest BCUT2D eigenvalue weighted by atomic mass is 79.9. The Labute approximate surface area is 126 Å². The summed E-state index contributed by atoms with van der Waals surface area (Å²) in [6.07, 6.45) is 0. The molecular formula is C15H18BrNOS. The molecule has 0 aliphatic rings. The minimum absolute atomic E-state index is 0.288. The molecule has 4 heteroatoms. The van der Waals surface area contributed by atoms with Crippen LogP contribution in [-0.2, 0) is 6.61 Å². The van der Waals surface area contributed by atoms with E-state index in [1.807, 2.05) is 6.07 Å². The van der Waals surface area contributed by atoms with Crippen LogP contribution >= 0.6 is 27.3 Å². The molecule has 2 rings (SSSR count). The van der Waals surface area contributed by atoms with Crippen LogP contribution < -0.4 is 10.1 Å². The second-order valence-electron chi connectivity index (χ2n) is 4.38. The highest BCUT2D eigenvalue weighted by Crippen LogP contribution is 2.29. The zero-order valence-corrected chi connectivity index (χ0v) is 13.6. The van der Waals surface area contributed by atoms with Crippen LogP contribution in [0.5, 0.6) is 5.75 Å². The molecule has 1 N–H and O–H groups in total. The van der Waals surface area contributed by atoms with Gasteiger partial charge in [-0.2, -0.15) is 11.3 Å². The molecule has 0 radical (unpaired) electrons. The molecule has 0 spiro atoms. The predicted octanol–water partition coefficient (Wildman–Crippen LogP) is 4.76. The Kier molecular flexibility index (Phi) is 5.43. The van der Waals surface area contributed by atoms with Crippen LogP contribution in [0.2, 0.25) is 0 Å². The monoisotopic (exact) mass is 339 g/mol. The zero-order chi connectivity index (χ0) is 13.7. The Bertz CT molecular complexity index is 513. The lowest BCUT2D eigenvalue weighted by atomic mass is 10.1. The molecule has 1 aromatic carbocycles. The van der Waals surface area contributed by atoms with Gasteiger partial charge in [0.25, 0.3) is 0 Å². The van der Waals surface area contributed by atoms with Gasteiger partial charge in [0.1, 0.15) is 12.4 Å². The first-order valence-electron chi connectivity index (χ1n) is 6.37. The van der Waals surface area contributed by atoms with Crippen molar-refractivity contribution in [1.82, 2.24) is 5.32 Å². The summed E-state index contributed by atoms with van der Waals surface area (Å²) in [4.78, 5) is 0. The van der Waals surface area contributed by atoms with Crippen molar-refractivity contribution in [2.75, 3.05) is 6.54 Å². The SMILES string of the molecule is CCNC(C)c1ccc(Br)cc1OCc1ccsc1. The first-order valence-corrected chi connectivity index (χ1v) is 8.11. The summed E-state index contributed by atoms with van der Waals surface area (Å²) >= 11 is 5.20. The fourth-order valence-corrected chi connectivity index (χ4v) is 2.94. The van der Waals surface area contributed by atoms with Crippen molar-refractivity contribution < 1.29 is 4.74 Å². The van der Waals surface area contributed by atoms with Gasteiger partial charge in [-0.15, -0.1) is 0 Å². The normalized spacial score (nSPS) is 12.4. The zero-order valence-electron chi connectivity index (χ0n) is 11.2. The minimum atomic E-state index is 0.288. The first-order chi connectivity index (χ1) is 9.20. The molecule has 19 heavy (non-hydrogen) atoms. The van der Waals surface area contributed by atoms with Crippen molar-refractivity contribution in [3.63, 3.8) is 0 Å². The third-order valence-corrected chi connectivity index (χ3v) is 4.15. The lowest BCUT2D eigenvalue weighted by Gasteiger charge is -2.18. The Morgan fingerprint density at radius 1 is 1.37 bits per heavy atom. The Morgan fingerprint density at radius 2 is 2.21 bits per heavy atom. The van der Waals surface area contributed by atoms with E-state index >= 15 is 0 Å². The molecule has 0 fully saturated rings. The summed E-state index contributed by atoms with van der Waals surface area (Å²) in [6, 6.07) is 8.59. The van der Waals surface area contributed by atoms with Gasteiger partial charge in [-0.1, -0.05) is 28.9 Å². The van der Waals surface area contributed by atoms with E-state index in [0.717, 1.165) is 16.8 Å². The summed E-state index contributed by atoms with van der Waals surface area (Å²) in [6.45, 7) is 5.83. The molecule has 1 heterocycles. The summed E-state index contributed by atoms with van der Waals surface area (Å²) in [5, 5.41) is 7.61. The summed E-state index contributed by atoms with van der Waals surface area (Å²) in [5.41, 5.74) is 2.41. The number of nitrogens with one attached hydrogen (secondary N) is 1. The van der Waals surface area contributed by atoms with Gasteiger partial charge in [0.2, 0.25) is 0 Å². The molecular weight excluding hydrogens is 322 g/mol. The van der Waals surface area contributed by atoms with Crippen LogP contribution in [-0.4, -0.2) is 6.54 Å². The Balaban J connectivity index is 2.14. The smallest absolute Gasteiger partial charge is 0.125 e. The largest absolute Gasteiger partial charge is 0.488 e. The maximum Gasteiger partial charge on any atom is 0.125 e. The average molecular weight is 340 g/mol. The van der Waals surface area contributed by atoms with Gasteiger partial charge < -0.3 is 10.1 Å². The molecule has 102 valence electrons. The summed E-state index contributed by atoms with van der Waals surface area (Å²) in [5.74, 6) is 0.939. The topological polar surface area (TPSA) is 21.3 Å². The van der Waals surface area contributed by atoms with E-state index in [1.165, 1.54) is 11.1 Å². The predicted molar refractivity (Wildman–Crippen MR) is 84.9 cm³/mol. The fraction of sp³-hybridized carbons (Fsp3) is 0.333. The van der Waals surface area contributed by atoms with Crippen LogP contribution in [0, 0.1) is 0 Å². The summed E-state index contributed by atoms with van der Waals surface area (Å²) in [7, 11) is 0. The van der Waals surface area contributed by atoms with E-state index in [0.29, 0.717) is 6.61 Å². The third-order valence-electron chi connectivity index (χ3n) is 2.93. The van der Waals surface area contributed by atoms with E-state index in [2.05, 4.69) is 64.1 Å². The molecule has 0 aliphatic carbocycles. The van der Waals surface area contributed by atoms with E-state index in [4.69, 9.17) is 4.74 Å². The molecule has 2 nitrogen and oxygen atoms in total. The van der Waals surface area contributed by atoms with Gasteiger partial charge in [-0.05, 0) is 48.0 Å². The van der Waals surface area contributed by atoms with Gasteiger partial charge >= 0.3 is 0 Å². The van der Waals surface area contributed by atoms with Crippen molar-refractivity contribution in [2.45, 2.75) is 26.5 Å². The van der Waals surface area contributed by atoms with Gasteiger partial charge in [0.05, 0.1) is 0 Å². The molecule has 1 atom stereocenters. The van der Waals surface area contributed by atoms with Crippen molar-refractivity contribution in [1.29, 1.82) is 0 Å². The number of thiophene rings is 1. The summed E-state index contributed by atoms with van der Waals surface area (Å²) < 4.78 is 7.01. The van der Waals surface area contributed by atoms with Crippen molar-refractivity contribution in [3.05, 3.63) is 50.6 Å². The van der Waals surface area contributed by atoms with Gasteiger partial charge in [0, 0.05) is 16.1 Å². The second kappa shape index (κ2) is 7.08. The molecule has 1 aromatic heterocycles. The lowest BCUT2D eigenvalue weighted by Crippen LogP contribution is -2.18. The maximum absolute atomic E-state index is 5.97. The van der Waals surface area contributed by atoms with E-state index in [9.17, 15) is 0 Å². The standard InChI is InChI=1S/C15H18BrNOS/c1-3-17-11(2)14-5-4-13(16)8-15(14)18-9-12-6-7-19-10-12/h4-8,10-11,17H,3,9H2,1-2H3. The molecule has 0 bridgehead atoms. The molecule has 0 amide bonds. The molecule has 2 aromatic rings. The van der Waals surface area contributed by atoms with Crippen molar-refractivity contribution in [3.8, 4) is 5.75 Å². The number of rotatable bonds is 6. The van der Waals surface area contributed by atoms with Crippen LogP contribution in [0.3, 0.4) is 0 Å². The van der Waals surface area contributed by atoms with Gasteiger partial charge in [0.15, 0.2) is 0 Å². The quantitative estimate of drug-likeness (QED) is 0.819. The van der Waals surface area contributed by atoms with Gasteiger partial charge in [-0.3, -0.25) is 0 Å². The lowest BCUT2D eigenvalue weighted by molar-refractivity contribution is 0.300. The minimum Gasteiger partial charge on any atom is -0.488 e. The maximum atomic E-state index is 5.97. The number of benzene rings is 1. The Hall–Kier alpha value is -0.840. The molecule has 0 aliphatic heterocycles. The van der Waals surface area contributed by atoms with Crippen LogP contribution in [0.25, 0.3) is 0 Å². The molecule has 1 unspecified atom stereocenters.